The van der Waals surface area contributed by atoms with E-state index in [1.54, 1.807) is 18.5 Å². The average Bonchev–Trinajstić information content (AvgIpc) is 2.39. The molecule has 0 radical (unpaired) electrons. The summed E-state index contributed by atoms with van der Waals surface area (Å²) in [6.45, 7) is 1.23. The van der Waals surface area contributed by atoms with Gasteiger partial charge in [0.05, 0.1) is 0 Å². The van der Waals surface area contributed by atoms with Crippen molar-refractivity contribution in [2.75, 3.05) is 7.05 Å². The van der Waals surface area contributed by atoms with Gasteiger partial charge >= 0.3 is 0 Å². The Morgan fingerprint density at radius 3 is 2.76 bits per heavy atom. The molecular weight excluding hydrogens is 214 g/mol. The van der Waals surface area contributed by atoms with E-state index < -0.39 is 0 Å². The van der Waals surface area contributed by atoms with Crippen molar-refractivity contribution in [3.05, 3.63) is 54.1 Å². The molecule has 1 N–H and O–H groups in total. The minimum Gasteiger partial charge on any atom is -0.486 e. The van der Waals surface area contributed by atoms with E-state index in [0.717, 1.165) is 12.3 Å². The largest absolute Gasteiger partial charge is 0.486 e. The lowest BCUT2D eigenvalue weighted by atomic mass is 10.2. The Labute approximate surface area is 101 Å². The monoisotopic (exact) mass is 229 g/mol. The maximum absolute atomic E-state index is 5.63. The molecule has 0 aliphatic rings. The summed E-state index contributed by atoms with van der Waals surface area (Å²) in [6, 6.07) is 9.77. The summed E-state index contributed by atoms with van der Waals surface area (Å²) in [6.07, 6.45) is 3.42. The Kier molecular flexibility index (Phi) is 4.05. The highest BCUT2D eigenvalue weighted by Gasteiger charge is 1.98. The first-order valence-corrected chi connectivity index (χ1v) is 5.51. The fourth-order valence-electron chi connectivity index (χ4n) is 1.50. The predicted octanol–water partition coefficient (Wildman–Crippen LogP) is 1.77. The predicted molar refractivity (Wildman–Crippen MR) is 65.6 cm³/mol. The second-order valence-electron chi connectivity index (χ2n) is 3.63. The maximum Gasteiger partial charge on any atom is 0.166 e. The molecule has 17 heavy (non-hydrogen) atoms. The fourth-order valence-corrected chi connectivity index (χ4v) is 1.50. The minimum atomic E-state index is 0.393. The zero-order valence-electron chi connectivity index (χ0n) is 9.76. The Bertz CT molecular complexity index is 459. The van der Waals surface area contributed by atoms with Crippen molar-refractivity contribution < 1.29 is 4.74 Å². The molecule has 0 aliphatic heterocycles. The number of hydrogen-bond donors (Lipinski definition) is 1. The summed E-state index contributed by atoms with van der Waals surface area (Å²) in [5.41, 5.74) is 1.19. The Balaban J connectivity index is 1.97. The molecule has 2 rings (SSSR count). The van der Waals surface area contributed by atoms with Crippen molar-refractivity contribution >= 4 is 0 Å². The van der Waals surface area contributed by atoms with Crippen LogP contribution in [-0.2, 0) is 13.2 Å². The van der Waals surface area contributed by atoms with Crippen LogP contribution in [0.25, 0.3) is 0 Å². The van der Waals surface area contributed by atoms with Crippen molar-refractivity contribution in [2.24, 2.45) is 0 Å². The molecule has 0 spiro atoms. The van der Waals surface area contributed by atoms with E-state index in [4.69, 9.17) is 4.74 Å². The van der Waals surface area contributed by atoms with Gasteiger partial charge in [0, 0.05) is 18.9 Å². The highest BCUT2D eigenvalue weighted by Crippen LogP contribution is 2.14. The molecule has 0 bridgehead atoms. The molecule has 4 nitrogen and oxygen atoms in total. The summed E-state index contributed by atoms with van der Waals surface area (Å²) >= 11 is 0. The van der Waals surface area contributed by atoms with Gasteiger partial charge in [-0.1, -0.05) is 12.1 Å². The van der Waals surface area contributed by atoms with Crippen molar-refractivity contribution in [1.29, 1.82) is 0 Å². The van der Waals surface area contributed by atoms with Gasteiger partial charge in [-0.15, -0.1) is 0 Å². The lowest BCUT2D eigenvalue weighted by Crippen LogP contribution is -2.05. The van der Waals surface area contributed by atoms with Crippen molar-refractivity contribution in [3.63, 3.8) is 0 Å². The molecule has 0 saturated heterocycles. The smallest absolute Gasteiger partial charge is 0.166 e. The Morgan fingerprint density at radius 1 is 1.18 bits per heavy atom. The van der Waals surface area contributed by atoms with Gasteiger partial charge in [0.2, 0.25) is 0 Å². The molecule has 0 amide bonds. The van der Waals surface area contributed by atoms with Crippen LogP contribution in [0.4, 0.5) is 0 Å². The first kappa shape index (κ1) is 11.5. The number of nitrogens with one attached hydrogen (secondary N) is 1. The summed E-state index contributed by atoms with van der Waals surface area (Å²) in [5, 5.41) is 3.10. The average molecular weight is 229 g/mol. The minimum absolute atomic E-state index is 0.393. The number of hydrogen-bond acceptors (Lipinski definition) is 4. The molecule has 2 aromatic rings. The van der Waals surface area contributed by atoms with Crippen molar-refractivity contribution in [1.82, 2.24) is 15.3 Å². The van der Waals surface area contributed by atoms with Crippen LogP contribution in [0.3, 0.4) is 0 Å². The summed E-state index contributed by atoms with van der Waals surface area (Å²) in [4.78, 5) is 8.21. The number of aromatic nitrogens is 2. The molecule has 0 atom stereocenters. The van der Waals surface area contributed by atoms with Gasteiger partial charge < -0.3 is 10.1 Å². The van der Waals surface area contributed by atoms with Crippen LogP contribution >= 0.6 is 0 Å². The van der Waals surface area contributed by atoms with E-state index in [2.05, 4.69) is 21.4 Å². The van der Waals surface area contributed by atoms with Gasteiger partial charge in [0.15, 0.2) is 5.82 Å². The molecule has 1 aromatic carbocycles. The molecular formula is C13H15N3O. The first-order chi connectivity index (χ1) is 8.38. The third kappa shape index (κ3) is 3.53. The first-order valence-electron chi connectivity index (χ1n) is 5.51. The lowest BCUT2D eigenvalue weighted by molar-refractivity contribution is 0.295. The summed E-state index contributed by atoms with van der Waals surface area (Å²) in [7, 11) is 1.92. The van der Waals surface area contributed by atoms with Crippen LogP contribution in [0.2, 0.25) is 0 Å². The molecule has 1 heterocycles. The van der Waals surface area contributed by atoms with E-state index in [-0.39, 0.29) is 0 Å². The number of rotatable bonds is 5. The van der Waals surface area contributed by atoms with Crippen LogP contribution in [0.5, 0.6) is 5.75 Å². The molecule has 88 valence electrons. The van der Waals surface area contributed by atoms with Crippen LogP contribution in [0, 0.1) is 0 Å². The van der Waals surface area contributed by atoms with E-state index in [0.29, 0.717) is 12.4 Å². The zero-order chi connectivity index (χ0) is 11.9. The normalized spacial score (nSPS) is 10.2. The summed E-state index contributed by atoms with van der Waals surface area (Å²) in [5.74, 6) is 1.52. The molecule has 4 heteroatoms. The topological polar surface area (TPSA) is 47.0 Å². The Morgan fingerprint density at radius 2 is 2.00 bits per heavy atom. The second kappa shape index (κ2) is 5.96. The fraction of sp³-hybridized carbons (Fsp3) is 0.231. The van der Waals surface area contributed by atoms with E-state index in [9.17, 15) is 0 Å². The maximum atomic E-state index is 5.63. The molecule has 0 aliphatic carbocycles. The van der Waals surface area contributed by atoms with Crippen molar-refractivity contribution in [2.45, 2.75) is 13.2 Å². The van der Waals surface area contributed by atoms with Crippen LogP contribution in [0.1, 0.15) is 11.4 Å². The third-order valence-electron chi connectivity index (χ3n) is 2.27. The van der Waals surface area contributed by atoms with Gasteiger partial charge in [-0.2, -0.15) is 0 Å². The number of ether oxygens (including phenoxy) is 1. The lowest BCUT2D eigenvalue weighted by Gasteiger charge is -2.06. The van der Waals surface area contributed by atoms with Crippen LogP contribution in [-0.4, -0.2) is 17.0 Å². The zero-order valence-corrected chi connectivity index (χ0v) is 9.76. The van der Waals surface area contributed by atoms with E-state index >= 15 is 0 Å². The van der Waals surface area contributed by atoms with Crippen LogP contribution < -0.4 is 10.1 Å². The van der Waals surface area contributed by atoms with Crippen molar-refractivity contribution in [3.8, 4) is 5.75 Å². The number of benzene rings is 1. The Hall–Kier alpha value is -1.94. The van der Waals surface area contributed by atoms with E-state index in [1.807, 2.05) is 25.2 Å². The molecule has 0 fully saturated rings. The molecule has 1 aromatic heterocycles. The van der Waals surface area contributed by atoms with Gasteiger partial charge in [-0.3, -0.25) is 0 Å². The SMILES string of the molecule is CNCc1cccc(OCc2ncccn2)c1. The van der Waals surface area contributed by atoms with Gasteiger partial charge in [0.1, 0.15) is 12.4 Å². The standard InChI is InChI=1S/C13H15N3O/c1-14-9-11-4-2-5-12(8-11)17-10-13-15-6-3-7-16-13/h2-8,14H,9-10H2,1H3. The highest BCUT2D eigenvalue weighted by molar-refractivity contribution is 5.28. The second-order valence-corrected chi connectivity index (χ2v) is 3.63. The van der Waals surface area contributed by atoms with Gasteiger partial charge in [-0.25, -0.2) is 9.97 Å². The third-order valence-corrected chi connectivity index (χ3v) is 2.27. The number of nitrogens with zero attached hydrogens (tertiary/aromatic N) is 2. The summed E-state index contributed by atoms with van der Waals surface area (Å²) < 4.78 is 5.63. The highest BCUT2D eigenvalue weighted by atomic mass is 16.5. The quantitative estimate of drug-likeness (QED) is 0.849. The van der Waals surface area contributed by atoms with Gasteiger partial charge in [0.25, 0.3) is 0 Å². The van der Waals surface area contributed by atoms with Gasteiger partial charge in [-0.05, 0) is 30.8 Å². The molecule has 0 unspecified atom stereocenters. The van der Waals surface area contributed by atoms with E-state index in [1.165, 1.54) is 5.56 Å². The molecule has 0 saturated carbocycles. The van der Waals surface area contributed by atoms with Crippen LogP contribution in [0.15, 0.2) is 42.7 Å².